The molecule has 0 spiro atoms. The van der Waals surface area contributed by atoms with Gasteiger partial charge in [0.25, 0.3) is 0 Å². The number of fused-ring (bicyclic) bond motifs is 1. The molecule has 6 nitrogen and oxygen atoms in total. The van der Waals surface area contributed by atoms with Crippen molar-refractivity contribution in [3.63, 3.8) is 0 Å². The highest BCUT2D eigenvalue weighted by Crippen LogP contribution is 2.19. The zero-order chi connectivity index (χ0) is 22.4. The van der Waals surface area contributed by atoms with Crippen molar-refractivity contribution in [2.75, 3.05) is 11.9 Å². The maximum atomic E-state index is 13.2. The smallest absolute Gasteiger partial charge is 0.243 e. The van der Waals surface area contributed by atoms with Crippen LogP contribution in [0.3, 0.4) is 0 Å². The lowest BCUT2D eigenvalue weighted by Crippen LogP contribution is -2.47. The van der Waals surface area contributed by atoms with Crippen molar-refractivity contribution >= 4 is 34.2 Å². The molecular formula is C23H21F2N3O3. The highest BCUT2D eigenvalue weighted by Gasteiger charge is 2.17. The fourth-order valence-corrected chi connectivity index (χ4v) is 3.08. The molecule has 3 rings (SSSR count). The van der Waals surface area contributed by atoms with Crippen LogP contribution in [0.5, 0.6) is 0 Å². The molecule has 0 fully saturated rings. The highest BCUT2D eigenvalue weighted by molar-refractivity contribution is 5.96. The number of rotatable bonds is 7. The number of amides is 3. The van der Waals surface area contributed by atoms with Crippen LogP contribution in [0.2, 0.25) is 0 Å². The molecule has 8 heteroatoms. The first kappa shape index (κ1) is 21.9. The van der Waals surface area contributed by atoms with Gasteiger partial charge in [-0.15, -0.1) is 0 Å². The van der Waals surface area contributed by atoms with E-state index in [-0.39, 0.29) is 24.6 Å². The van der Waals surface area contributed by atoms with E-state index in [1.54, 1.807) is 0 Å². The maximum Gasteiger partial charge on any atom is 0.243 e. The van der Waals surface area contributed by atoms with Crippen LogP contribution >= 0.6 is 0 Å². The number of nitrogens with one attached hydrogen (secondary N) is 3. The minimum absolute atomic E-state index is 0.0644. The van der Waals surface area contributed by atoms with E-state index >= 15 is 0 Å². The summed E-state index contributed by atoms with van der Waals surface area (Å²) in [6, 6.07) is 15.4. The number of anilines is 1. The molecule has 0 aliphatic carbocycles. The van der Waals surface area contributed by atoms with E-state index in [9.17, 15) is 23.2 Å². The van der Waals surface area contributed by atoms with Gasteiger partial charge in [-0.25, -0.2) is 8.78 Å². The Bertz CT molecular complexity index is 1130. The fraction of sp³-hybridized carbons (Fsp3) is 0.174. The van der Waals surface area contributed by atoms with Crippen LogP contribution in [0.4, 0.5) is 14.5 Å². The van der Waals surface area contributed by atoms with E-state index in [1.807, 2.05) is 42.5 Å². The second-order valence-electron chi connectivity index (χ2n) is 7.00. The third-order valence-electron chi connectivity index (χ3n) is 4.63. The van der Waals surface area contributed by atoms with Gasteiger partial charge in [-0.05, 0) is 35.4 Å². The second kappa shape index (κ2) is 9.80. The first-order valence-electron chi connectivity index (χ1n) is 9.62. The summed E-state index contributed by atoms with van der Waals surface area (Å²) in [5.74, 6) is -3.62. The molecule has 0 saturated heterocycles. The van der Waals surface area contributed by atoms with Crippen molar-refractivity contribution in [2.45, 2.75) is 19.4 Å². The monoisotopic (exact) mass is 425 g/mol. The first-order valence-corrected chi connectivity index (χ1v) is 9.62. The molecule has 0 saturated carbocycles. The minimum Gasteiger partial charge on any atom is -0.345 e. The molecule has 31 heavy (non-hydrogen) atoms. The molecule has 0 aliphatic heterocycles. The Labute approximate surface area is 177 Å². The van der Waals surface area contributed by atoms with E-state index in [1.165, 1.54) is 13.0 Å². The quantitative estimate of drug-likeness (QED) is 0.544. The maximum absolute atomic E-state index is 13.2. The highest BCUT2D eigenvalue weighted by atomic mass is 19.2. The molecule has 0 aliphatic rings. The van der Waals surface area contributed by atoms with Crippen LogP contribution in [-0.2, 0) is 20.8 Å². The van der Waals surface area contributed by atoms with Gasteiger partial charge in [-0.1, -0.05) is 42.5 Å². The molecule has 0 aromatic heterocycles. The number of hydrogen-bond acceptors (Lipinski definition) is 3. The molecule has 1 atom stereocenters. The summed E-state index contributed by atoms with van der Waals surface area (Å²) in [6.07, 6.45) is 0.107. The van der Waals surface area contributed by atoms with E-state index in [0.29, 0.717) is 0 Å². The molecule has 0 heterocycles. The topological polar surface area (TPSA) is 87.3 Å². The van der Waals surface area contributed by atoms with Crippen molar-refractivity contribution in [1.29, 1.82) is 0 Å². The SMILES string of the molecule is C[C@H](NC(=O)Cc1cccc2ccccc12)C(=O)NCC(=O)Nc1ccc(F)c(F)c1. The Balaban J connectivity index is 1.48. The fourth-order valence-electron chi connectivity index (χ4n) is 3.08. The van der Waals surface area contributed by atoms with Crippen LogP contribution < -0.4 is 16.0 Å². The van der Waals surface area contributed by atoms with Crippen molar-refractivity contribution in [3.8, 4) is 0 Å². The lowest BCUT2D eigenvalue weighted by Gasteiger charge is -2.15. The van der Waals surface area contributed by atoms with Crippen molar-refractivity contribution < 1.29 is 23.2 Å². The van der Waals surface area contributed by atoms with Crippen molar-refractivity contribution in [1.82, 2.24) is 10.6 Å². The van der Waals surface area contributed by atoms with Crippen LogP contribution in [0.15, 0.2) is 60.7 Å². The summed E-state index contributed by atoms with van der Waals surface area (Å²) in [5.41, 5.74) is 0.906. The number of hydrogen-bond donors (Lipinski definition) is 3. The van der Waals surface area contributed by atoms with Gasteiger partial charge in [0.1, 0.15) is 6.04 Å². The summed E-state index contributed by atoms with van der Waals surface area (Å²) >= 11 is 0. The van der Waals surface area contributed by atoms with E-state index in [2.05, 4.69) is 16.0 Å². The Morgan fingerprint density at radius 1 is 0.903 bits per heavy atom. The van der Waals surface area contributed by atoms with Crippen LogP contribution in [-0.4, -0.2) is 30.3 Å². The van der Waals surface area contributed by atoms with Crippen LogP contribution in [0.1, 0.15) is 12.5 Å². The number of halogens is 2. The van der Waals surface area contributed by atoms with Crippen molar-refractivity contribution in [3.05, 3.63) is 77.9 Å². The second-order valence-corrected chi connectivity index (χ2v) is 7.00. The summed E-state index contributed by atoms with van der Waals surface area (Å²) < 4.78 is 26.1. The number of carbonyl (C=O) groups excluding carboxylic acids is 3. The van der Waals surface area contributed by atoms with E-state index in [4.69, 9.17) is 0 Å². The summed E-state index contributed by atoms with van der Waals surface area (Å²) in [4.78, 5) is 36.5. The van der Waals surface area contributed by atoms with Gasteiger partial charge in [0, 0.05) is 11.8 Å². The van der Waals surface area contributed by atoms with Gasteiger partial charge in [0.2, 0.25) is 17.7 Å². The average Bonchev–Trinajstić information content (AvgIpc) is 2.75. The Morgan fingerprint density at radius 2 is 1.65 bits per heavy atom. The van der Waals surface area contributed by atoms with Crippen LogP contribution in [0, 0.1) is 11.6 Å². The Kier molecular flexibility index (Phi) is 6.92. The van der Waals surface area contributed by atoms with Crippen LogP contribution in [0.25, 0.3) is 10.8 Å². The molecule has 160 valence electrons. The molecule has 3 aromatic rings. The number of benzene rings is 3. The Morgan fingerprint density at radius 3 is 2.42 bits per heavy atom. The molecular weight excluding hydrogens is 404 g/mol. The largest absolute Gasteiger partial charge is 0.345 e. The predicted molar refractivity (Wildman–Crippen MR) is 113 cm³/mol. The van der Waals surface area contributed by atoms with Gasteiger partial charge in [0.15, 0.2) is 11.6 Å². The van der Waals surface area contributed by atoms with Crippen molar-refractivity contribution in [2.24, 2.45) is 0 Å². The third-order valence-corrected chi connectivity index (χ3v) is 4.63. The van der Waals surface area contributed by atoms with Gasteiger partial charge in [-0.2, -0.15) is 0 Å². The third kappa shape index (κ3) is 5.85. The molecule has 3 aromatic carbocycles. The zero-order valence-corrected chi connectivity index (χ0v) is 16.7. The van der Waals surface area contributed by atoms with E-state index < -0.39 is 29.5 Å². The molecule has 0 radical (unpaired) electrons. The Hall–Kier alpha value is -3.81. The predicted octanol–water partition coefficient (Wildman–Crippen LogP) is 2.92. The molecule has 3 amide bonds. The lowest BCUT2D eigenvalue weighted by molar-refractivity contribution is -0.129. The normalized spacial score (nSPS) is 11.6. The average molecular weight is 425 g/mol. The molecule has 0 bridgehead atoms. The molecule has 0 unspecified atom stereocenters. The lowest BCUT2D eigenvalue weighted by atomic mass is 10.0. The van der Waals surface area contributed by atoms with Gasteiger partial charge < -0.3 is 16.0 Å². The summed E-state index contributed by atoms with van der Waals surface area (Å²) in [5, 5.41) is 9.33. The molecule has 3 N–H and O–H groups in total. The van der Waals surface area contributed by atoms with E-state index in [0.717, 1.165) is 28.5 Å². The van der Waals surface area contributed by atoms with Gasteiger partial charge >= 0.3 is 0 Å². The summed E-state index contributed by atoms with van der Waals surface area (Å²) in [6.45, 7) is 1.12. The van der Waals surface area contributed by atoms with Gasteiger partial charge in [-0.3, -0.25) is 14.4 Å². The standard InChI is InChI=1S/C23H21F2N3O3/c1-14(23(31)26-13-22(30)28-17-9-10-19(24)20(25)12-17)27-21(29)11-16-7-4-6-15-5-2-3-8-18(15)16/h2-10,12,14H,11,13H2,1H3,(H,26,31)(H,27,29)(H,28,30)/t14-/m0/s1. The summed E-state index contributed by atoms with van der Waals surface area (Å²) in [7, 11) is 0. The number of carbonyl (C=O) groups is 3. The first-order chi connectivity index (χ1) is 14.8. The zero-order valence-electron chi connectivity index (χ0n) is 16.7. The minimum atomic E-state index is -1.09. The van der Waals surface area contributed by atoms with Gasteiger partial charge in [0.05, 0.1) is 13.0 Å².